The van der Waals surface area contributed by atoms with Crippen LogP contribution in [-0.4, -0.2) is 80.2 Å². The first-order valence-corrected chi connectivity index (χ1v) is 11.1. The van der Waals surface area contributed by atoms with Crippen LogP contribution in [0.1, 0.15) is 25.7 Å². The molecule has 0 aromatic heterocycles. The number of rotatable bonds is 4. The van der Waals surface area contributed by atoms with Crippen LogP contribution in [0.5, 0.6) is 0 Å². The Morgan fingerprint density at radius 1 is 1.20 bits per heavy atom. The van der Waals surface area contributed by atoms with Crippen LogP contribution >= 0.6 is 10.6 Å². The fourth-order valence-corrected chi connectivity index (χ4v) is 5.37. The van der Waals surface area contributed by atoms with E-state index in [0.717, 1.165) is 0 Å². The van der Waals surface area contributed by atoms with E-state index in [1.54, 1.807) is 0 Å². The van der Waals surface area contributed by atoms with Crippen LogP contribution in [0.2, 0.25) is 0 Å². The molecule has 3 aliphatic heterocycles. The molecule has 25 heavy (non-hydrogen) atoms. The summed E-state index contributed by atoms with van der Waals surface area (Å²) in [4.78, 5) is 26.0. The summed E-state index contributed by atoms with van der Waals surface area (Å²) in [5.74, 6) is 0.121. The van der Waals surface area contributed by atoms with Crippen LogP contribution in [0.25, 0.3) is 0 Å². The number of hydrogen-bond acceptors (Lipinski definition) is 7. The van der Waals surface area contributed by atoms with E-state index in [0.29, 0.717) is 30.7 Å². The summed E-state index contributed by atoms with van der Waals surface area (Å²) < 4.78 is 54.0. The fourth-order valence-electron chi connectivity index (χ4n) is 3.45. The van der Waals surface area contributed by atoms with Gasteiger partial charge in [0.2, 0.25) is 5.91 Å². The maximum Gasteiger partial charge on any atom is 0.418 e. The highest BCUT2D eigenvalue weighted by atomic mass is 32.3. The van der Waals surface area contributed by atoms with Gasteiger partial charge in [-0.05, 0) is 25.7 Å². The smallest absolute Gasteiger partial charge is 0.351 e. The predicted octanol–water partition coefficient (Wildman–Crippen LogP) is 0.0186. The van der Waals surface area contributed by atoms with Crippen LogP contribution in [0.3, 0.4) is 0 Å². The predicted molar refractivity (Wildman–Crippen MR) is 87.1 cm³/mol. The summed E-state index contributed by atoms with van der Waals surface area (Å²) in [6, 6.07) is -2.26. The highest BCUT2D eigenvalue weighted by Gasteiger charge is 2.49. The zero-order valence-corrected chi connectivity index (χ0v) is 14.9. The third-order valence-electron chi connectivity index (χ3n) is 4.73. The summed E-state index contributed by atoms with van der Waals surface area (Å²) in [6.07, 6.45) is 1.61. The van der Waals surface area contributed by atoms with Crippen molar-refractivity contribution in [2.24, 2.45) is 0 Å². The molecule has 0 saturated carbocycles. The molecular formula is C12H21N3O8S2. The number of hydroxylamine groups is 2. The minimum absolute atomic E-state index is 0.137. The zero-order chi connectivity index (χ0) is 18.4. The van der Waals surface area contributed by atoms with E-state index in [1.807, 2.05) is 0 Å². The number of hydrogen-bond donors (Lipinski definition) is 4. The summed E-state index contributed by atoms with van der Waals surface area (Å²) in [5, 5.41) is 3.42. The molecule has 3 saturated heterocycles. The van der Waals surface area contributed by atoms with Crippen molar-refractivity contribution in [3.63, 3.8) is 0 Å². The van der Waals surface area contributed by atoms with Crippen molar-refractivity contribution in [1.82, 2.24) is 15.3 Å². The van der Waals surface area contributed by atoms with Gasteiger partial charge in [0.05, 0.1) is 6.04 Å². The van der Waals surface area contributed by atoms with Crippen LogP contribution in [0.15, 0.2) is 0 Å². The molecule has 0 aromatic carbocycles. The molecular weight excluding hydrogens is 378 g/mol. The molecule has 2 bridgehead atoms. The Hall–Kier alpha value is -1.12. The maximum atomic E-state index is 12.5. The number of nitrogens with one attached hydrogen (secondary N) is 1. The number of amides is 3. The van der Waals surface area contributed by atoms with E-state index in [1.165, 1.54) is 4.90 Å². The molecule has 3 rings (SSSR count). The topological polar surface area (TPSA) is 157 Å². The van der Waals surface area contributed by atoms with Gasteiger partial charge in [0.25, 0.3) is 0 Å². The van der Waals surface area contributed by atoms with Gasteiger partial charge in [-0.25, -0.2) is 4.79 Å². The fraction of sp³-hybridized carbons (Fsp3) is 0.833. The molecule has 0 spiro atoms. The molecule has 3 aliphatic rings. The molecule has 0 aromatic rings. The molecule has 0 radical (unpaired) electrons. The standard InChI is InChI=1S/C12H21N3O8S2/c16-11(13-8-3-5-24(18,19)6-4-8)10-2-1-9-7-14(10)12(17)15(9)23-25(20,21)22/h8-10,18-19H,1-7H2,(H,13,16)(H,20,21,22)/t9-,10+/m1/s1. The molecule has 3 heterocycles. The first-order valence-electron chi connectivity index (χ1n) is 7.86. The second kappa shape index (κ2) is 6.55. The average molecular weight is 399 g/mol. The van der Waals surface area contributed by atoms with Gasteiger partial charge in [-0.1, -0.05) is 0 Å². The number of urea groups is 1. The van der Waals surface area contributed by atoms with E-state index in [4.69, 9.17) is 4.55 Å². The maximum absolute atomic E-state index is 12.5. The van der Waals surface area contributed by atoms with Crippen molar-refractivity contribution in [3.05, 3.63) is 0 Å². The molecule has 0 unspecified atom stereocenters. The number of nitrogens with zero attached hydrogens (tertiary/aromatic N) is 2. The number of carbonyl (C=O) groups excluding carboxylic acids is 2. The first-order chi connectivity index (χ1) is 11.6. The largest absolute Gasteiger partial charge is 0.418 e. The SMILES string of the molecule is O=C(NC1CCS(O)(O)CC1)[C@@H]1CC[C@@H]2CN1C(=O)N2OS(=O)(=O)O. The summed E-state index contributed by atoms with van der Waals surface area (Å²) >= 11 is 0. The Morgan fingerprint density at radius 3 is 2.44 bits per heavy atom. The Bertz CT molecular complexity index is 659. The van der Waals surface area contributed by atoms with Crippen molar-refractivity contribution >= 4 is 32.9 Å². The minimum atomic E-state index is -4.82. The number of fused-ring (bicyclic) bond motifs is 2. The van der Waals surface area contributed by atoms with Crippen molar-refractivity contribution in [2.75, 3.05) is 18.1 Å². The lowest BCUT2D eigenvalue weighted by Gasteiger charge is -2.40. The second-order valence-corrected chi connectivity index (χ2v) is 9.93. The average Bonchev–Trinajstić information content (AvgIpc) is 2.73. The molecule has 13 heteroatoms. The molecule has 4 N–H and O–H groups in total. The van der Waals surface area contributed by atoms with E-state index in [2.05, 4.69) is 9.60 Å². The quantitative estimate of drug-likeness (QED) is 0.482. The van der Waals surface area contributed by atoms with Crippen molar-refractivity contribution in [1.29, 1.82) is 0 Å². The molecule has 3 fully saturated rings. The van der Waals surface area contributed by atoms with Crippen LogP contribution < -0.4 is 5.32 Å². The Labute approximate surface area is 146 Å². The van der Waals surface area contributed by atoms with E-state index < -0.39 is 39.1 Å². The Kier molecular flexibility index (Phi) is 4.89. The zero-order valence-electron chi connectivity index (χ0n) is 13.3. The van der Waals surface area contributed by atoms with Crippen molar-refractivity contribution in [3.8, 4) is 0 Å². The van der Waals surface area contributed by atoms with Gasteiger partial charge < -0.3 is 10.2 Å². The lowest BCUT2D eigenvalue weighted by Crippen LogP contribution is -2.52. The van der Waals surface area contributed by atoms with Gasteiger partial charge in [-0.2, -0.15) is 24.1 Å². The van der Waals surface area contributed by atoms with Gasteiger partial charge in [-0.15, -0.1) is 4.28 Å². The van der Waals surface area contributed by atoms with E-state index >= 15 is 0 Å². The normalized spacial score (nSPS) is 31.1. The molecule has 2 atom stereocenters. The minimum Gasteiger partial charge on any atom is -0.351 e. The van der Waals surface area contributed by atoms with Crippen LogP contribution in [0, 0.1) is 0 Å². The second-order valence-electron chi connectivity index (χ2n) is 6.50. The van der Waals surface area contributed by atoms with Crippen LogP contribution in [-0.2, 0) is 19.5 Å². The van der Waals surface area contributed by atoms with Gasteiger partial charge in [0, 0.05) is 24.1 Å². The molecule has 11 nitrogen and oxygen atoms in total. The highest BCUT2D eigenvalue weighted by Crippen LogP contribution is 2.44. The monoisotopic (exact) mass is 399 g/mol. The highest BCUT2D eigenvalue weighted by molar-refractivity contribution is 8.24. The van der Waals surface area contributed by atoms with E-state index in [-0.39, 0.29) is 30.0 Å². The van der Waals surface area contributed by atoms with Crippen molar-refractivity contribution in [2.45, 2.75) is 43.8 Å². The van der Waals surface area contributed by atoms with Gasteiger partial charge in [0.1, 0.15) is 6.04 Å². The first kappa shape index (κ1) is 18.7. The molecule has 0 aliphatic carbocycles. The molecule has 144 valence electrons. The third-order valence-corrected chi connectivity index (χ3v) is 6.86. The summed E-state index contributed by atoms with van der Waals surface area (Å²) in [7, 11) is -7.36. The lowest BCUT2D eigenvalue weighted by atomic mass is 9.99. The van der Waals surface area contributed by atoms with Gasteiger partial charge >= 0.3 is 16.4 Å². The Balaban J connectivity index is 1.61. The van der Waals surface area contributed by atoms with Crippen LogP contribution in [0.4, 0.5) is 4.79 Å². The number of piperidine rings is 1. The summed E-state index contributed by atoms with van der Waals surface area (Å²) in [6.45, 7) is 0.137. The molecule has 3 amide bonds. The lowest BCUT2D eigenvalue weighted by molar-refractivity contribution is -0.126. The van der Waals surface area contributed by atoms with E-state index in [9.17, 15) is 27.1 Å². The third kappa shape index (κ3) is 4.17. The summed E-state index contributed by atoms with van der Waals surface area (Å²) in [5.41, 5.74) is 0. The van der Waals surface area contributed by atoms with Gasteiger partial charge in [-0.3, -0.25) is 18.5 Å². The Morgan fingerprint density at radius 2 is 1.84 bits per heavy atom. The number of carbonyl (C=O) groups is 2. The van der Waals surface area contributed by atoms with Crippen molar-refractivity contribution < 1.29 is 35.9 Å². The van der Waals surface area contributed by atoms with Gasteiger partial charge in [0.15, 0.2) is 0 Å².